The van der Waals surface area contributed by atoms with Crippen molar-refractivity contribution in [2.75, 3.05) is 0 Å². The third-order valence-corrected chi connectivity index (χ3v) is 2.92. The molecule has 2 rings (SSSR count). The van der Waals surface area contributed by atoms with E-state index in [1.807, 2.05) is 30.5 Å². The summed E-state index contributed by atoms with van der Waals surface area (Å²) in [6, 6.07) is 12.2. The van der Waals surface area contributed by atoms with E-state index >= 15 is 0 Å². The summed E-state index contributed by atoms with van der Waals surface area (Å²) in [6.07, 6.45) is 3.67. The normalized spacial score (nSPS) is 12.4. The third-order valence-electron chi connectivity index (χ3n) is 2.69. The first-order chi connectivity index (χ1) is 8.25. The highest BCUT2D eigenvalue weighted by molar-refractivity contribution is 6.30. The van der Waals surface area contributed by atoms with E-state index in [-0.39, 0.29) is 6.04 Å². The monoisotopic (exact) mass is 246 g/mol. The van der Waals surface area contributed by atoms with Crippen LogP contribution in [0.1, 0.15) is 24.1 Å². The van der Waals surface area contributed by atoms with Crippen molar-refractivity contribution < 1.29 is 0 Å². The number of nitrogens with one attached hydrogen (secondary N) is 1. The van der Waals surface area contributed by atoms with Crippen LogP contribution < -0.4 is 5.32 Å². The van der Waals surface area contributed by atoms with Crippen LogP contribution in [0.5, 0.6) is 0 Å². The molecule has 0 aliphatic heterocycles. The summed E-state index contributed by atoms with van der Waals surface area (Å²) in [5, 5.41) is 4.22. The Morgan fingerprint density at radius 1 is 1.29 bits per heavy atom. The topological polar surface area (TPSA) is 24.9 Å². The predicted octanol–water partition coefficient (Wildman–Crippen LogP) is 3.59. The van der Waals surface area contributed by atoms with Crippen LogP contribution in [0.2, 0.25) is 5.02 Å². The molecule has 0 unspecified atom stereocenters. The zero-order valence-electron chi connectivity index (χ0n) is 9.73. The smallest absolute Gasteiger partial charge is 0.0409 e. The average Bonchev–Trinajstić information content (AvgIpc) is 2.37. The molecule has 0 spiro atoms. The van der Waals surface area contributed by atoms with Gasteiger partial charge in [-0.2, -0.15) is 0 Å². The fourth-order valence-corrected chi connectivity index (χ4v) is 1.88. The van der Waals surface area contributed by atoms with Gasteiger partial charge in [-0.25, -0.2) is 0 Å². The lowest BCUT2D eigenvalue weighted by atomic mass is 10.1. The zero-order valence-corrected chi connectivity index (χ0v) is 10.5. The lowest BCUT2D eigenvalue weighted by molar-refractivity contribution is 0.573. The molecule has 1 aromatic carbocycles. The molecule has 2 aromatic rings. The fourth-order valence-electron chi connectivity index (χ4n) is 1.67. The molecule has 0 bridgehead atoms. The van der Waals surface area contributed by atoms with Crippen LogP contribution in [0.3, 0.4) is 0 Å². The number of halogens is 1. The van der Waals surface area contributed by atoms with Crippen molar-refractivity contribution in [3.05, 3.63) is 64.9 Å². The highest BCUT2D eigenvalue weighted by Gasteiger charge is 2.04. The Balaban J connectivity index is 1.95. The van der Waals surface area contributed by atoms with Gasteiger partial charge in [-0.1, -0.05) is 29.8 Å². The first-order valence-electron chi connectivity index (χ1n) is 5.63. The maximum Gasteiger partial charge on any atom is 0.0409 e. The molecule has 0 saturated heterocycles. The standard InChI is InChI=1S/C14H15ClN2/c1-11(13-5-3-7-16-10-13)17-9-12-4-2-6-14(15)8-12/h2-8,10-11,17H,9H2,1H3/t11-/m1/s1. The lowest BCUT2D eigenvalue weighted by Gasteiger charge is -2.13. The molecular formula is C14H15ClN2. The molecule has 17 heavy (non-hydrogen) atoms. The molecule has 0 aliphatic rings. The largest absolute Gasteiger partial charge is 0.306 e. The molecule has 0 radical (unpaired) electrons. The summed E-state index contributed by atoms with van der Waals surface area (Å²) in [6.45, 7) is 2.93. The van der Waals surface area contributed by atoms with Crippen molar-refractivity contribution >= 4 is 11.6 Å². The summed E-state index contributed by atoms with van der Waals surface area (Å²) >= 11 is 5.94. The molecule has 0 amide bonds. The zero-order chi connectivity index (χ0) is 12.1. The highest BCUT2D eigenvalue weighted by atomic mass is 35.5. The van der Waals surface area contributed by atoms with Crippen molar-refractivity contribution in [3.63, 3.8) is 0 Å². The Bertz CT molecular complexity index is 471. The maximum atomic E-state index is 5.94. The Morgan fingerprint density at radius 2 is 2.18 bits per heavy atom. The minimum Gasteiger partial charge on any atom is -0.306 e. The van der Waals surface area contributed by atoms with Crippen molar-refractivity contribution in [1.29, 1.82) is 0 Å². The van der Waals surface area contributed by atoms with E-state index in [0.717, 1.165) is 11.6 Å². The Morgan fingerprint density at radius 3 is 2.88 bits per heavy atom. The van der Waals surface area contributed by atoms with Crippen LogP contribution in [0.25, 0.3) is 0 Å². The Hall–Kier alpha value is -1.38. The third kappa shape index (κ3) is 3.55. The Kier molecular flexibility index (Phi) is 4.13. The quantitative estimate of drug-likeness (QED) is 0.892. The fraction of sp³-hybridized carbons (Fsp3) is 0.214. The van der Waals surface area contributed by atoms with Gasteiger partial charge in [0.2, 0.25) is 0 Å². The number of aromatic nitrogens is 1. The van der Waals surface area contributed by atoms with Gasteiger partial charge in [0.15, 0.2) is 0 Å². The average molecular weight is 247 g/mol. The van der Waals surface area contributed by atoms with Crippen LogP contribution in [-0.4, -0.2) is 4.98 Å². The summed E-state index contributed by atoms with van der Waals surface area (Å²) < 4.78 is 0. The molecule has 0 saturated carbocycles. The second kappa shape index (κ2) is 5.80. The molecule has 0 fully saturated rings. The van der Waals surface area contributed by atoms with Crippen LogP contribution in [0, 0.1) is 0 Å². The summed E-state index contributed by atoms with van der Waals surface area (Å²) in [5.74, 6) is 0. The number of rotatable bonds is 4. The maximum absolute atomic E-state index is 5.94. The SMILES string of the molecule is C[C@@H](NCc1cccc(Cl)c1)c1cccnc1. The number of hydrogen-bond acceptors (Lipinski definition) is 2. The molecule has 0 aliphatic carbocycles. The van der Waals surface area contributed by atoms with Crippen LogP contribution in [0.15, 0.2) is 48.8 Å². The van der Waals surface area contributed by atoms with Crippen LogP contribution in [-0.2, 0) is 6.54 Å². The van der Waals surface area contributed by atoms with E-state index in [1.165, 1.54) is 11.1 Å². The molecular weight excluding hydrogens is 232 g/mol. The molecule has 88 valence electrons. The van der Waals surface area contributed by atoms with Crippen molar-refractivity contribution in [2.45, 2.75) is 19.5 Å². The molecule has 1 atom stereocenters. The first-order valence-corrected chi connectivity index (χ1v) is 6.01. The van der Waals surface area contributed by atoms with Gasteiger partial charge in [0.25, 0.3) is 0 Å². The molecule has 1 heterocycles. The van der Waals surface area contributed by atoms with Crippen molar-refractivity contribution in [2.24, 2.45) is 0 Å². The summed E-state index contributed by atoms with van der Waals surface area (Å²) in [7, 11) is 0. The van der Waals surface area contributed by atoms with Gasteiger partial charge >= 0.3 is 0 Å². The highest BCUT2D eigenvalue weighted by Crippen LogP contribution is 2.13. The van der Waals surface area contributed by atoms with Crippen molar-refractivity contribution in [1.82, 2.24) is 10.3 Å². The molecule has 2 nitrogen and oxygen atoms in total. The van der Waals surface area contributed by atoms with Gasteiger partial charge in [0, 0.05) is 30.0 Å². The van der Waals surface area contributed by atoms with Gasteiger partial charge in [-0.15, -0.1) is 0 Å². The van der Waals surface area contributed by atoms with E-state index in [1.54, 1.807) is 6.20 Å². The van der Waals surface area contributed by atoms with Gasteiger partial charge in [-0.3, -0.25) is 4.98 Å². The van der Waals surface area contributed by atoms with E-state index in [4.69, 9.17) is 11.6 Å². The minimum absolute atomic E-state index is 0.280. The minimum atomic E-state index is 0.280. The number of hydrogen-bond donors (Lipinski definition) is 1. The van der Waals surface area contributed by atoms with E-state index in [2.05, 4.69) is 29.4 Å². The van der Waals surface area contributed by atoms with E-state index in [0.29, 0.717) is 0 Å². The lowest BCUT2D eigenvalue weighted by Crippen LogP contribution is -2.18. The predicted molar refractivity (Wildman–Crippen MR) is 70.9 cm³/mol. The van der Waals surface area contributed by atoms with E-state index in [9.17, 15) is 0 Å². The summed E-state index contributed by atoms with van der Waals surface area (Å²) in [5.41, 5.74) is 2.38. The second-order valence-electron chi connectivity index (χ2n) is 4.02. The second-order valence-corrected chi connectivity index (χ2v) is 4.46. The van der Waals surface area contributed by atoms with Gasteiger partial charge in [0.05, 0.1) is 0 Å². The van der Waals surface area contributed by atoms with Gasteiger partial charge < -0.3 is 5.32 Å². The van der Waals surface area contributed by atoms with Gasteiger partial charge in [0.1, 0.15) is 0 Å². The molecule has 1 aromatic heterocycles. The van der Waals surface area contributed by atoms with Crippen molar-refractivity contribution in [3.8, 4) is 0 Å². The molecule has 1 N–H and O–H groups in total. The number of pyridine rings is 1. The van der Waals surface area contributed by atoms with Gasteiger partial charge in [-0.05, 0) is 36.2 Å². The number of benzene rings is 1. The van der Waals surface area contributed by atoms with E-state index < -0.39 is 0 Å². The number of nitrogens with zero attached hydrogens (tertiary/aromatic N) is 1. The Labute approximate surface area is 107 Å². The summed E-state index contributed by atoms with van der Waals surface area (Å²) in [4.78, 5) is 4.11. The molecule has 3 heteroatoms. The van der Waals surface area contributed by atoms with Crippen LogP contribution in [0.4, 0.5) is 0 Å². The van der Waals surface area contributed by atoms with Crippen LogP contribution >= 0.6 is 11.6 Å². The first kappa shape index (κ1) is 12.1.